The van der Waals surface area contributed by atoms with Crippen molar-refractivity contribution in [2.24, 2.45) is 0 Å². The van der Waals surface area contributed by atoms with E-state index >= 15 is 0 Å². The lowest BCUT2D eigenvalue weighted by atomic mass is 10.0. The Morgan fingerprint density at radius 3 is 2.88 bits per heavy atom. The van der Waals surface area contributed by atoms with Crippen molar-refractivity contribution in [1.82, 2.24) is 10.2 Å². The van der Waals surface area contributed by atoms with Crippen LogP contribution in [-0.2, 0) is 4.79 Å². The summed E-state index contributed by atoms with van der Waals surface area (Å²) in [5, 5.41) is 10.7. The molecule has 2 heterocycles. The third-order valence-corrected chi connectivity index (χ3v) is 3.92. The molecule has 6 nitrogen and oxygen atoms in total. The number of carbonyl (C=O) groups excluding carboxylic acids is 1. The minimum Gasteiger partial charge on any atom is -0.492 e. The summed E-state index contributed by atoms with van der Waals surface area (Å²) in [6, 6.07) is 14.9. The molecule has 1 N–H and O–H groups in total. The van der Waals surface area contributed by atoms with Gasteiger partial charge in [0.05, 0.1) is 0 Å². The van der Waals surface area contributed by atoms with E-state index in [9.17, 15) is 4.79 Å². The van der Waals surface area contributed by atoms with E-state index in [2.05, 4.69) is 15.5 Å². The number of fused-ring (bicyclic) bond motifs is 1. The number of benzene rings is 2. The summed E-state index contributed by atoms with van der Waals surface area (Å²) >= 11 is 0. The molecule has 6 heteroatoms. The standard InChI is InChI=1S/C18H15N3O3/c1-11-20-21-18(24-11)12-5-4-6-13(9-12)19-17(22)15-10-23-16-8-3-2-7-14(15)16/h2-9,15H,10H2,1H3,(H,19,22)/t15-/m1/s1. The Morgan fingerprint density at radius 1 is 1.17 bits per heavy atom. The quantitative estimate of drug-likeness (QED) is 0.802. The maximum Gasteiger partial charge on any atom is 0.247 e. The van der Waals surface area contributed by atoms with Gasteiger partial charge >= 0.3 is 0 Å². The zero-order valence-electron chi connectivity index (χ0n) is 13.0. The molecule has 0 aliphatic carbocycles. The number of carbonyl (C=O) groups is 1. The van der Waals surface area contributed by atoms with Crippen LogP contribution in [0.2, 0.25) is 0 Å². The SMILES string of the molecule is Cc1nnc(-c2cccc(NC(=O)[C@@H]3COc4ccccc43)c2)o1. The molecule has 2 aromatic carbocycles. The van der Waals surface area contributed by atoms with Gasteiger partial charge in [-0.2, -0.15) is 0 Å². The van der Waals surface area contributed by atoms with Gasteiger partial charge in [0.2, 0.25) is 17.7 Å². The third kappa shape index (κ3) is 2.62. The van der Waals surface area contributed by atoms with Crippen LogP contribution in [0.25, 0.3) is 11.5 Å². The van der Waals surface area contributed by atoms with E-state index in [1.807, 2.05) is 48.5 Å². The lowest BCUT2D eigenvalue weighted by molar-refractivity contribution is -0.117. The van der Waals surface area contributed by atoms with E-state index in [0.717, 1.165) is 16.9 Å². The fraction of sp³-hybridized carbons (Fsp3) is 0.167. The van der Waals surface area contributed by atoms with Gasteiger partial charge in [-0.05, 0) is 24.3 Å². The maximum atomic E-state index is 12.6. The number of amides is 1. The van der Waals surface area contributed by atoms with Gasteiger partial charge in [0.15, 0.2) is 0 Å². The number of hydrogen-bond donors (Lipinski definition) is 1. The summed E-state index contributed by atoms with van der Waals surface area (Å²) < 4.78 is 11.0. The number of rotatable bonds is 3. The van der Waals surface area contributed by atoms with Gasteiger partial charge < -0.3 is 14.5 Å². The van der Waals surface area contributed by atoms with Crippen LogP contribution in [0.15, 0.2) is 52.9 Å². The zero-order valence-corrected chi connectivity index (χ0v) is 13.0. The molecular formula is C18H15N3O3. The van der Waals surface area contributed by atoms with Crippen molar-refractivity contribution in [3.63, 3.8) is 0 Å². The summed E-state index contributed by atoms with van der Waals surface area (Å²) in [5.41, 5.74) is 2.35. The van der Waals surface area contributed by atoms with Crippen molar-refractivity contribution in [3.8, 4) is 17.2 Å². The Bertz CT molecular complexity index is 904. The maximum absolute atomic E-state index is 12.6. The normalized spacial score (nSPS) is 15.6. The van der Waals surface area contributed by atoms with Crippen LogP contribution < -0.4 is 10.1 Å². The largest absolute Gasteiger partial charge is 0.492 e. The number of ether oxygens (including phenoxy) is 1. The second-order valence-electron chi connectivity index (χ2n) is 5.60. The molecule has 1 aromatic heterocycles. The molecule has 3 aromatic rings. The van der Waals surface area contributed by atoms with Crippen LogP contribution in [0.4, 0.5) is 5.69 Å². The molecule has 0 saturated carbocycles. The predicted molar refractivity (Wildman–Crippen MR) is 87.8 cm³/mol. The fourth-order valence-electron chi connectivity index (χ4n) is 2.75. The van der Waals surface area contributed by atoms with Gasteiger partial charge in [-0.3, -0.25) is 4.79 Å². The number of hydrogen-bond acceptors (Lipinski definition) is 5. The number of nitrogens with zero attached hydrogens (tertiary/aromatic N) is 2. The van der Waals surface area contributed by atoms with Crippen molar-refractivity contribution in [2.45, 2.75) is 12.8 Å². The first kappa shape index (κ1) is 14.4. The van der Waals surface area contributed by atoms with Crippen LogP contribution in [0, 0.1) is 6.92 Å². The van der Waals surface area contributed by atoms with Crippen molar-refractivity contribution >= 4 is 11.6 Å². The lowest BCUT2D eigenvalue weighted by Crippen LogP contribution is -2.22. The molecule has 120 valence electrons. The highest BCUT2D eigenvalue weighted by atomic mass is 16.5. The molecule has 0 saturated heterocycles. The minimum absolute atomic E-state index is 0.0983. The zero-order chi connectivity index (χ0) is 16.5. The number of aromatic nitrogens is 2. The van der Waals surface area contributed by atoms with Gasteiger partial charge in [-0.25, -0.2) is 0 Å². The topological polar surface area (TPSA) is 77.2 Å². The fourth-order valence-corrected chi connectivity index (χ4v) is 2.75. The second-order valence-corrected chi connectivity index (χ2v) is 5.60. The summed E-state index contributed by atoms with van der Waals surface area (Å²) in [5.74, 6) is 1.29. The monoisotopic (exact) mass is 321 g/mol. The highest BCUT2D eigenvalue weighted by Crippen LogP contribution is 2.34. The molecule has 0 fully saturated rings. The Balaban J connectivity index is 1.55. The minimum atomic E-state index is -0.310. The van der Waals surface area contributed by atoms with Crippen LogP contribution in [0.1, 0.15) is 17.4 Å². The van der Waals surface area contributed by atoms with Gasteiger partial charge in [0.1, 0.15) is 18.3 Å². The van der Waals surface area contributed by atoms with Crippen molar-refractivity contribution in [2.75, 3.05) is 11.9 Å². The first-order chi connectivity index (χ1) is 11.7. The van der Waals surface area contributed by atoms with Gasteiger partial charge in [-0.15, -0.1) is 10.2 Å². The predicted octanol–water partition coefficient (Wildman–Crippen LogP) is 3.16. The van der Waals surface area contributed by atoms with E-state index in [-0.39, 0.29) is 11.8 Å². The van der Waals surface area contributed by atoms with E-state index in [4.69, 9.17) is 9.15 Å². The molecule has 1 atom stereocenters. The molecule has 1 aliphatic heterocycles. The number of aryl methyl sites for hydroxylation is 1. The molecular weight excluding hydrogens is 306 g/mol. The molecule has 0 spiro atoms. The molecule has 0 bridgehead atoms. The van der Waals surface area contributed by atoms with Crippen LogP contribution in [0.5, 0.6) is 5.75 Å². The average Bonchev–Trinajstić information content (AvgIpc) is 3.21. The van der Waals surface area contributed by atoms with Gasteiger partial charge in [0, 0.05) is 23.7 Å². The molecule has 1 amide bonds. The van der Waals surface area contributed by atoms with Crippen LogP contribution >= 0.6 is 0 Å². The average molecular weight is 321 g/mol. The first-order valence-corrected chi connectivity index (χ1v) is 7.64. The number of nitrogens with one attached hydrogen (secondary N) is 1. The third-order valence-electron chi connectivity index (χ3n) is 3.92. The Kier molecular flexibility index (Phi) is 3.49. The summed E-state index contributed by atoms with van der Waals surface area (Å²) in [7, 11) is 0. The van der Waals surface area contributed by atoms with Gasteiger partial charge in [0.25, 0.3) is 0 Å². The first-order valence-electron chi connectivity index (χ1n) is 7.64. The second kappa shape index (κ2) is 5.81. The molecule has 0 radical (unpaired) electrons. The van der Waals surface area contributed by atoms with Crippen molar-refractivity contribution in [3.05, 3.63) is 60.0 Å². The van der Waals surface area contributed by atoms with Crippen molar-refractivity contribution in [1.29, 1.82) is 0 Å². The molecule has 0 unspecified atom stereocenters. The molecule has 4 rings (SSSR count). The Labute approximate surface area is 138 Å². The number of para-hydroxylation sites is 1. The highest BCUT2D eigenvalue weighted by Gasteiger charge is 2.30. The van der Waals surface area contributed by atoms with Gasteiger partial charge in [-0.1, -0.05) is 24.3 Å². The lowest BCUT2D eigenvalue weighted by Gasteiger charge is -2.10. The summed E-state index contributed by atoms with van der Waals surface area (Å²) in [4.78, 5) is 12.6. The van der Waals surface area contributed by atoms with Crippen molar-refractivity contribution < 1.29 is 13.9 Å². The van der Waals surface area contributed by atoms with E-state index in [1.54, 1.807) is 6.92 Å². The summed E-state index contributed by atoms with van der Waals surface area (Å²) in [6.45, 7) is 2.09. The smallest absolute Gasteiger partial charge is 0.247 e. The Hall–Kier alpha value is -3.15. The molecule has 24 heavy (non-hydrogen) atoms. The Morgan fingerprint density at radius 2 is 2.04 bits per heavy atom. The van der Waals surface area contributed by atoms with E-state index in [1.165, 1.54) is 0 Å². The molecule has 1 aliphatic rings. The highest BCUT2D eigenvalue weighted by molar-refractivity contribution is 5.97. The van der Waals surface area contributed by atoms with E-state index in [0.29, 0.717) is 24.1 Å². The van der Waals surface area contributed by atoms with Crippen LogP contribution in [-0.4, -0.2) is 22.7 Å². The van der Waals surface area contributed by atoms with Crippen LogP contribution in [0.3, 0.4) is 0 Å². The van der Waals surface area contributed by atoms with E-state index < -0.39 is 0 Å². The summed E-state index contributed by atoms with van der Waals surface area (Å²) in [6.07, 6.45) is 0. The number of anilines is 1.